The number of carbonyl (C=O) groups is 1. The Labute approximate surface area is 176 Å². The minimum absolute atomic E-state index is 0.205. The molecule has 0 N–H and O–H groups in total. The largest absolute Gasteiger partial charge is 0.494 e. The lowest BCUT2D eigenvalue weighted by Gasteiger charge is -2.34. The highest BCUT2D eigenvalue weighted by Gasteiger charge is 2.51. The molecule has 6 heteroatoms. The fraction of sp³-hybridized carbons (Fsp3) is 0.696. The number of carbonyl (C=O) groups excluding carboxylic acids is 1. The molecule has 160 valence electrons. The highest BCUT2D eigenvalue weighted by atomic mass is 16.7. The molecule has 0 radical (unpaired) electrons. The summed E-state index contributed by atoms with van der Waals surface area (Å²) >= 11 is 0. The van der Waals surface area contributed by atoms with Gasteiger partial charge in [-0.2, -0.15) is 0 Å². The molecule has 1 amide bonds. The van der Waals surface area contributed by atoms with Crippen molar-refractivity contribution in [2.75, 3.05) is 13.1 Å². The topological polar surface area (TPSA) is 48.0 Å². The monoisotopic (exact) mass is 401 g/mol. The molecule has 29 heavy (non-hydrogen) atoms. The van der Waals surface area contributed by atoms with Gasteiger partial charge < -0.3 is 18.9 Å². The highest BCUT2D eigenvalue weighted by Crippen LogP contribution is 2.37. The van der Waals surface area contributed by atoms with Gasteiger partial charge in [0.15, 0.2) is 0 Å². The molecule has 2 aliphatic rings. The molecule has 0 saturated carbocycles. The Kier molecular flexibility index (Phi) is 5.83. The number of hydrogen-bond donors (Lipinski definition) is 0. The summed E-state index contributed by atoms with van der Waals surface area (Å²) in [6.07, 6.45) is 1.70. The van der Waals surface area contributed by atoms with Gasteiger partial charge >= 0.3 is 13.2 Å². The standard InChI is InChI=1S/C23H36BNO4/c1-16-15-18(24-28-22(5,6)23(7,8)29-24)9-10-19(16)17-11-13-25(14-12-17)20(26)27-21(2,3)4/h9-10,15,17H,11-14H2,1-8H3. The molecule has 0 unspecified atom stereocenters. The van der Waals surface area contributed by atoms with E-state index < -0.39 is 5.60 Å². The van der Waals surface area contributed by atoms with Crippen molar-refractivity contribution in [3.05, 3.63) is 29.3 Å². The first-order valence-electron chi connectivity index (χ1n) is 10.7. The van der Waals surface area contributed by atoms with E-state index in [1.165, 1.54) is 11.1 Å². The second-order valence-electron chi connectivity index (χ2n) is 10.4. The van der Waals surface area contributed by atoms with Crippen LogP contribution in [0.3, 0.4) is 0 Å². The third-order valence-corrected chi connectivity index (χ3v) is 6.41. The Morgan fingerprint density at radius 2 is 1.66 bits per heavy atom. The van der Waals surface area contributed by atoms with Gasteiger partial charge in [0.2, 0.25) is 0 Å². The van der Waals surface area contributed by atoms with E-state index in [1.54, 1.807) is 0 Å². The maximum Gasteiger partial charge on any atom is 0.494 e. The fourth-order valence-electron chi connectivity index (χ4n) is 3.98. The molecule has 2 saturated heterocycles. The van der Waals surface area contributed by atoms with Crippen LogP contribution in [0.15, 0.2) is 18.2 Å². The third kappa shape index (κ3) is 4.80. The second kappa shape index (κ2) is 7.62. The van der Waals surface area contributed by atoms with E-state index in [1.807, 2.05) is 25.7 Å². The van der Waals surface area contributed by atoms with Crippen LogP contribution >= 0.6 is 0 Å². The molecule has 2 aliphatic heterocycles. The van der Waals surface area contributed by atoms with E-state index in [0.29, 0.717) is 5.92 Å². The van der Waals surface area contributed by atoms with Crippen molar-refractivity contribution < 1.29 is 18.8 Å². The van der Waals surface area contributed by atoms with Gasteiger partial charge in [0.25, 0.3) is 0 Å². The molecule has 0 aromatic heterocycles. The number of rotatable bonds is 2. The predicted molar refractivity (Wildman–Crippen MR) is 117 cm³/mol. The van der Waals surface area contributed by atoms with Crippen LogP contribution in [-0.2, 0) is 14.0 Å². The van der Waals surface area contributed by atoms with Crippen LogP contribution in [0.5, 0.6) is 0 Å². The minimum atomic E-state index is -0.451. The number of hydrogen-bond acceptors (Lipinski definition) is 4. The molecule has 0 atom stereocenters. The van der Waals surface area contributed by atoms with Gasteiger partial charge in [-0.1, -0.05) is 18.2 Å². The summed E-state index contributed by atoms with van der Waals surface area (Å²) in [5.74, 6) is 0.459. The number of aryl methyl sites for hydroxylation is 1. The van der Waals surface area contributed by atoms with Crippen LogP contribution in [0.4, 0.5) is 4.79 Å². The Morgan fingerprint density at radius 1 is 1.10 bits per heavy atom. The van der Waals surface area contributed by atoms with E-state index >= 15 is 0 Å². The first-order valence-corrected chi connectivity index (χ1v) is 10.7. The molecule has 0 aliphatic carbocycles. The number of nitrogens with zero attached hydrogens (tertiary/aromatic N) is 1. The molecule has 5 nitrogen and oxygen atoms in total. The average molecular weight is 401 g/mol. The molecule has 2 heterocycles. The lowest BCUT2D eigenvalue weighted by atomic mass is 9.76. The van der Waals surface area contributed by atoms with Crippen molar-refractivity contribution in [3.8, 4) is 0 Å². The Hall–Kier alpha value is -1.53. The SMILES string of the molecule is Cc1cc(B2OC(C)(C)C(C)(C)O2)ccc1C1CCN(C(=O)OC(C)(C)C)CC1. The summed E-state index contributed by atoms with van der Waals surface area (Å²) in [6, 6.07) is 6.53. The van der Waals surface area contributed by atoms with Crippen molar-refractivity contribution in [1.29, 1.82) is 0 Å². The molecule has 1 aromatic rings. The quantitative estimate of drug-likeness (QED) is 0.689. The molecule has 0 spiro atoms. The molecular weight excluding hydrogens is 365 g/mol. The number of piperidine rings is 1. The summed E-state index contributed by atoms with van der Waals surface area (Å²) in [4.78, 5) is 14.1. The summed E-state index contributed by atoms with van der Waals surface area (Å²) in [7, 11) is -0.332. The number of benzene rings is 1. The zero-order valence-corrected chi connectivity index (χ0v) is 19.3. The molecular formula is C23H36BNO4. The maximum atomic E-state index is 12.3. The minimum Gasteiger partial charge on any atom is -0.444 e. The fourth-order valence-corrected chi connectivity index (χ4v) is 3.98. The zero-order valence-electron chi connectivity index (χ0n) is 19.3. The smallest absolute Gasteiger partial charge is 0.444 e. The van der Waals surface area contributed by atoms with Crippen LogP contribution in [0.1, 0.15) is 78.4 Å². The molecule has 0 bridgehead atoms. The number of likely N-dealkylation sites (tertiary alicyclic amines) is 1. The lowest BCUT2D eigenvalue weighted by molar-refractivity contribution is 0.00578. The molecule has 2 fully saturated rings. The summed E-state index contributed by atoms with van der Waals surface area (Å²) in [5, 5.41) is 0. The van der Waals surface area contributed by atoms with Gasteiger partial charge in [0.05, 0.1) is 11.2 Å². The van der Waals surface area contributed by atoms with Crippen molar-refractivity contribution in [2.24, 2.45) is 0 Å². The van der Waals surface area contributed by atoms with Crippen molar-refractivity contribution in [1.82, 2.24) is 4.90 Å². The summed E-state index contributed by atoms with van der Waals surface area (Å²) in [5.41, 5.74) is 2.56. The van der Waals surface area contributed by atoms with Gasteiger partial charge in [0.1, 0.15) is 5.60 Å². The summed E-state index contributed by atoms with van der Waals surface area (Å²) in [6.45, 7) is 17.6. The zero-order chi connectivity index (χ0) is 21.6. The maximum absolute atomic E-state index is 12.3. The Morgan fingerprint density at radius 3 is 2.14 bits per heavy atom. The first kappa shape index (κ1) is 22.2. The van der Waals surface area contributed by atoms with Crippen molar-refractivity contribution in [2.45, 2.75) is 91.0 Å². The van der Waals surface area contributed by atoms with Crippen LogP contribution in [0.25, 0.3) is 0 Å². The second-order valence-corrected chi connectivity index (χ2v) is 10.4. The highest BCUT2D eigenvalue weighted by molar-refractivity contribution is 6.62. The van der Waals surface area contributed by atoms with Gasteiger partial charge in [-0.15, -0.1) is 0 Å². The van der Waals surface area contributed by atoms with E-state index in [9.17, 15) is 4.79 Å². The van der Waals surface area contributed by atoms with Crippen LogP contribution in [0, 0.1) is 6.92 Å². The van der Waals surface area contributed by atoms with E-state index in [2.05, 4.69) is 52.8 Å². The molecule has 1 aromatic carbocycles. The van der Waals surface area contributed by atoms with Gasteiger partial charge in [-0.3, -0.25) is 0 Å². The van der Waals surface area contributed by atoms with Crippen LogP contribution in [0.2, 0.25) is 0 Å². The van der Waals surface area contributed by atoms with Crippen molar-refractivity contribution in [3.63, 3.8) is 0 Å². The Balaban J connectivity index is 1.64. The van der Waals surface area contributed by atoms with Gasteiger partial charge in [-0.05, 0) is 90.7 Å². The van der Waals surface area contributed by atoms with Crippen molar-refractivity contribution >= 4 is 18.7 Å². The Bertz CT molecular complexity index is 745. The summed E-state index contributed by atoms with van der Waals surface area (Å²) < 4.78 is 17.9. The van der Waals surface area contributed by atoms with E-state index in [-0.39, 0.29) is 24.4 Å². The van der Waals surface area contributed by atoms with Gasteiger partial charge in [0, 0.05) is 13.1 Å². The average Bonchev–Trinajstić information content (AvgIpc) is 2.81. The lowest BCUT2D eigenvalue weighted by Crippen LogP contribution is -2.41. The number of ether oxygens (including phenoxy) is 1. The molecule has 3 rings (SSSR count). The number of amides is 1. The first-order chi connectivity index (χ1) is 13.3. The third-order valence-electron chi connectivity index (χ3n) is 6.41. The van der Waals surface area contributed by atoms with E-state index in [4.69, 9.17) is 14.0 Å². The predicted octanol–water partition coefficient (Wildman–Crippen LogP) is 4.41. The van der Waals surface area contributed by atoms with Crippen LogP contribution < -0.4 is 5.46 Å². The van der Waals surface area contributed by atoms with Crippen LogP contribution in [-0.4, -0.2) is 48.0 Å². The van der Waals surface area contributed by atoms with E-state index in [0.717, 1.165) is 31.4 Å². The van der Waals surface area contributed by atoms with Gasteiger partial charge in [-0.25, -0.2) is 4.79 Å². The normalized spacial score (nSPS) is 22.1.